The maximum atomic E-state index is 5.19. The second-order valence-corrected chi connectivity index (χ2v) is 5.05. The Morgan fingerprint density at radius 1 is 1.30 bits per heavy atom. The topological polar surface area (TPSA) is 68.2 Å². The maximum Gasteiger partial charge on any atom is 0.243 e. The fourth-order valence-electron chi connectivity index (χ4n) is 2.42. The Labute approximate surface area is 116 Å². The molecule has 0 aliphatic rings. The zero-order chi connectivity index (χ0) is 14.3. The summed E-state index contributed by atoms with van der Waals surface area (Å²) < 4.78 is 6.95. The standard InChI is InChI=1S/C14H17N5O/c1-8-5-6-19-12(7-8)16-14(17-19)15-9(2)13-10(3)18-20-11(13)4/h5-7,9H,1-4H3,(H,15,17). The number of hydrogen-bond donors (Lipinski definition) is 1. The van der Waals surface area contributed by atoms with E-state index in [9.17, 15) is 0 Å². The summed E-state index contributed by atoms with van der Waals surface area (Å²) in [6.45, 7) is 7.93. The molecule has 0 amide bonds. The first kappa shape index (κ1) is 12.7. The van der Waals surface area contributed by atoms with Gasteiger partial charge in [0.15, 0.2) is 5.65 Å². The molecule has 1 atom stereocenters. The van der Waals surface area contributed by atoms with E-state index in [0.717, 1.165) is 28.2 Å². The molecule has 20 heavy (non-hydrogen) atoms. The fraction of sp³-hybridized carbons (Fsp3) is 0.357. The molecule has 3 aromatic rings. The van der Waals surface area contributed by atoms with Crippen LogP contribution < -0.4 is 5.32 Å². The van der Waals surface area contributed by atoms with Crippen molar-refractivity contribution in [1.29, 1.82) is 0 Å². The number of pyridine rings is 1. The van der Waals surface area contributed by atoms with Crippen molar-refractivity contribution in [3.63, 3.8) is 0 Å². The molecule has 3 rings (SSSR count). The second-order valence-electron chi connectivity index (χ2n) is 5.05. The summed E-state index contributed by atoms with van der Waals surface area (Å²) in [5.74, 6) is 1.42. The van der Waals surface area contributed by atoms with Crippen LogP contribution in [-0.4, -0.2) is 19.8 Å². The lowest BCUT2D eigenvalue weighted by atomic mass is 10.1. The highest BCUT2D eigenvalue weighted by Crippen LogP contribution is 2.23. The molecule has 6 heteroatoms. The van der Waals surface area contributed by atoms with Crippen molar-refractivity contribution in [3.8, 4) is 0 Å². The first-order valence-corrected chi connectivity index (χ1v) is 6.57. The summed E-state index contributed by atoms with van der Waals surface area (Å²) in [5.41, 5.74) is 3.94. The quantitative estimate of drug-likeness (QED) is 0.793. The smallest absolute Gasteiger partial charge is 0.243 e. The van der Waals surface area contributed by atoms with Crippen LogP contribution in [0.4, 0.5) is 5.95 Å². The Kier molecular flexibility index (Phi) is 2.93. The number of aryl methyl sites for hydroxylation is 3. The molecule has 0 aromatic carbocycles. The van der Waals surface area contributed by atoms with Crippen molar-refractivity contribution < 1.29 is 4.52 Å². The molecular weight excluding hydrogens is 254 g/mol. The zero-order valence-corrected chi connectivity index (χ0v) is 12.0. The highest BCUT2D eigenvalue weighted by Gasteiger charge is 2.17. The number of nitrogens with zero attached hydrogens (tertiary/aromatic N) is 4. The third-order valence-electron chi connectivity index (χ3n) is 3.36. The van der Waals surface area contributed by atoms with Gasteiger partial charge in [0.25, 0.3) is 0 Å². The lowest BCUT2D eigenvalue weighted by Gasteiger charge is -2.11. The van der Waals surface area contributed by atoms with Gasteiger partial charge in [0.2, 0.25) is 5.95 Å². The molecule has 0 saturated carbocycles. The summed E-state index contributed by atoms with van der Waals surface area (Å²) in [5, 5.41) is 11.7. The van der Waals surface area contributed by atoms with E-state index in [0.29, 0.717) is 5.95 Å². The van der Waals surface area contributed by atoms with E-state index in [-0.39, 0.29) is 6.04 Å². The minimum atomic E-state index is 0.0414. The molecule has 1 N–H and O–H groups in total. The summed E-state index contributed by atoms with van der Waals surface area (Å²) in [6.07, 6.45) is 1.91. The Morgan fingerprint density at radius 2 is 2.10 bits per heavy atom. The molecule has 0 aliphatic heterocycles. The van der Waals surface area contributed by atoms with Gasteiger partial charge in [-0.05, 0) is 45.4 Å². The van der Waals surface area contributed by atoms with Crippen molar-refractivity contribution in [2.75, 3.05) is 5.32 Å². The number of nitrogens with one attached hydrogen (secondary N) is 1. The van der Waals surface area contributed by atoms with Gasteiger partial charge in [-0.15, -0.1) is 5.10 Å². The second kappa shape index (κ2) is 4.63. The van der Waals surface area contributed by atoms with Crippen LogP contribution in [0.2, 0.25) is 0 Å². The first-order chi connectivity index (χ1) is 9.54. The summed E-state index contributed by atoms with van der Waals surface area (Å²) in [4.78, 5) is 4.47. The van der Waals surface area contributed by atoms with Crippen molar-refractivity contribution in [2.45, 2.75) is 33.7 Å². The molecule has 0 bridgehead atoms. The Balaban J connectivity index is 1.89. The van der Waals surface area contributed by atoms with Crippen molar-refractivity contribution in [1.82, 2.24) is 19.8 Å². The largest absolute Gasteiger partial charge is 0.361 e. The van der Waals surface area contributed by atoms with Crippen LogP contribution in [0, 0.1) is 20.8 Å². The number of fused-ring (bicyclic) bond motifs is 1. The average molecular weight is 271 g/mol. The van der Waals surface area contributed by atoms with Crippen LogP contribution in [0.25, 0.3) is 5.65 Å². The normalized spacial score (nSPS) is 12.8. The minimum Gasteiger partial charge on any atom is -0.361 e. The lowest BCUT2D eigenvalue weighted by molar-refractivity contribution is 0.392. The minimum absolute atomic E-state index is 0.0414. The van der Waals surface area contributed by atoms with Crippen LogP contribution in [0.3, 0.4) is 0 Å². The molecule has 0 radical (unpaired) electrons. The molecule has 0 spiro atoms. The summed E-state index contributed by atoms with van der Waals surface area (Å²) >= 11 is 0. The number of aromatic nitrogens is 4. The van der Waals surface area contributed by atoms with Crippen molar-refractivity contribution in [2.24, 2.45) is 0 Å². The van der Waals surface area contributed by atoms with E-state index in [4.69, 9.17) is 4.52 Å². The van der Waals surface area contributed by atoms with E-state index in [1.165, 1.54) is 0 Å². The van der Waals surface area contributed by atoms with Crippen LogP contribution in [0.1, 0.15) is 35.5 Å². The van der Waals surface area contributed by atoms with E-state index < -0.39 is 0 Å². The maximum absolute atomic E-state index is 5.19. The third kappa shape index (κ3) is 2.13. The molecule has 3 heterocycles. The van der Waals surface area contributed by atoms with Gasteiger partial charge in [-0.3, -0.25) is 0 Å². The molecular formula is C14H17N5O. The average Bonchev–Trinajstić information content (AvgIpc) is 2.92. The van der Waals surface area contributed by atoms with Crippen LogP contribution in [-0.2, 0) is 0 Å². The summed E-state index contributed by atoms with van der Waals surface area (Å²) in [7, 11) is 0. The zero-order valence-electron chi connectivity index (χ0n) is 12.0. The van der Waals surface area contributed by atoms with Gasteiger partial charge in [0, 0.05) is 11.8 Å². The van der Waals surface area contributed by atoms with Gasteiger partial charge in [-0.2, -0.15) is 4.98 Å². The molecule has 0 aliphatic carbocycles. The highest BCUT2D eigenvalue weighted by molar-refractivity contribution is 5.46. The molecule has 1 unspecified atom stereocenters. The van der Waals surface area contributed by atoms with Crippen LogP contribution in [0.15, 0.2) is 22.9 Å². The van der Waals surface area contributed by atoms with E-state index in [2.05, 4.69) is 20.6 Å². The lowest BCUT2D eigenvalue weighted by Crippen LogP contribution is -2.09. The summed E-state index contributed by atoms with van der Waals surface area (Å²) in [6, 6.07) is 4.04. The van der Waals surface area contributed by atoms with Gasteiger partial charge in [0.1, 0.15) is 5.76 Å². The predicted octanol–water partition coefficient (Wildman–Crippen LogP) is 2.82. The number of anilines is 1. The monoisotopic (exact) mass is 271 g/mol. The fourth-order valence-corrected chi connectivity index (χ4v) is 2.42. The first-order valence-electron chi connectivity index (χ1n) is 6.57. The van der Waals surface area contributed by atoms with Crippen LogP contribution in [0.5, 0.6) is 0 Å². The SMILES string of the molecule is Cc1ccn2nc(NC(C)c3c(C)noc3C)nc2c1. The van der Waals surface area contributed by atoms with Crippen LogP contribution >= 0.6 is 0 Å². The molecule has 0 fully saturated rings. The Morgan fingerprint density at radius 3 is 2.80 bits per heavy atom. The molecule has 6 nitrogen and oxygen atoms in total. The van der Waals surface area contributed by atoms with Gasteiger partial charge in [-0.1, -0.05) is 5.16 Å². The predicted molar refractivity (Wildman–Crippen MR) is 75.7 cm³/mol. The van der Waals surface area contributed by atoms with Gasteiger partial charge in [-0.25, -0.2) is 4.52 Å². The third-order valence-corrected chi connectivity index (χ3v) is 3.36. The van der Waals surface area contributed by atoms with E-state index in [1.54, 1.807) is 4.52 Å². The number of rotatable bonds is 3. The Bertz CT molecular complexity index is 739. The van der Waals surface area contributed by atoms with Gasteiger partial charge < -0.3 is 9.84 Å². The Hall–Kier alpha value is -2.37. The highest BCUT2D eigenvalue weighted by atomic mass is 16.5. The molecule has 104 valence electrons. The van der Waals surface area contributed by atoms with Gasteiger partial charge >= 0.3 is 0 Å². The number of hydrogen-bond acceptors (Lipinski definition) is 5. The van der Waals surface area contributed by atoms with Crippen molar-refractivity contribution >= 4 is 11.6 Å². The molecule has 0 saturated heterocycles. The van der Waals surface area contributed by atoms with E-state index in [1.807, 2.05) is 46.0 Å². The van der Waals surface area contributed by atoms with Crippen molar-refractivity contribution in [3.05, 3.63) is 40.9 Å². The van der Waals surface area contributed by atoms with Gasteiger partial charge in [0.05, 0.1) is 11.7 Å². The van der Waals surface area contributed by atoms with E-state index >= 15 is 0 Å². The molecule has 3 aromatic heterocycles.